The van der Waals surface area contributed by atoms with Gasteiger partial charge in [0.15, 0.2) is 11.5 Å². The Bertz CT molecular complexity index is 1220. The summed E-state index contributed by atoms with van der Waals surface area (Å²) in [6.45, 7) is 0.894. The van der Waals surface area contributed by atoms with E-state index >= 15 is 0 Å². The first-order chi connectivity index (χ1) is 15.5. The Morgan fingerprint density at radius 1 is 1.03 bits per heavy atom. The van der Waals surface area contributed by atoms with Crippen LogP contribution in [0.5, 0.6) is 11.5 Å². The van der Waals surface area contributed by atoms with Crippen molar-refractivity contribution in [2.45, 2.75) is 12.6 Å². The predicted molar refractivity (Wildman–Crippen MR) is 115 cm³/mol. The highest BCUT2D eigenvalue weighted by Crippen LogP contribution is 2.42. The average molecular weight is 452 g/mol. The number of likely N-dealkylation sites (tertiary alicyclic amines) is 1. The Morgan fingerprint density at radius 3 is 2.50 bits per heavy atom. The standard InChI is InChI=1S/C24H18ClNO6/c25-16-6-3-14(4-7-16)21-20(23(28)24(29)26(21)13-17-2-1-9-30-17)22(27)15-5-8-18-19(12-15)32-11-10-31-18/h1-9,12,21,27H,10-11,13H2/b22-20-. The topological polar surface area (TPSA) is 89.2 Å². The first kappa shape index (κ1) is 20.2. The second-order valence-electron chi connectivity index (χ2n) is 7.42. The van der Waals surface area contributed by atoms with Gasteiger partial charge in [-0.05, 0) is 48.0 Å². The van der Waals surface area contributed by atoms with Crippen LogP contribution in [0.25, 0.3) is 5.76 Å². The maximum Gasteiger partial charge on any atom is 0.296 e. The number of benzene rings is 2. The van der Waals surface area contributed by atoms with Crippen molar-refractivity contribution in [1.29, 1.82) is 0 Å². The van der Waals surface area contributed by atoms with Gasteiger partial charge in [0.05, 0.1) is 24.4 Å². The lowest BCUT2D eigenvalue weighted by molar-refractivity contribution is -0.140. The first-order valence-electron chi connectivity index (χ1n) is 9.99. The fourth-order valence-electron chi connectivity index (χ4n) is 3.95. The van der Waals surface area contributed by atoms with Gasteiger partial charge in [0.2, 0.25) is 0 Å². The number of Topliss-reactive ketones (excluding diaryl/α,β-unsaturated/α-hetero) is 1. The summed E-state index contributed by atoms with van der Waals surface area (Å²) in [4.78, 5) is 27.4. The number of hydrogen-bond donors (Lipinski definition) is 1. The zero-order valence-corrected chi connectivity index (χ0v) is 17.5. The van der Waals surface area contributed by atoms with E-state index in [1.54, 1.807) is 54.6 Å². The van der Waals surface area contributed by atoms with Gasteiger partial charge in [0.25, 0.3) is 11.7 Å². The van der Waals surface area contributed by atoms with Gasteiger partial charge >= 0.3 is 0 Å². The van der Waals surface area contributed by atoms with Crippen molar-refractivity contribution in [2.75, 3.05) is 13.2 Å². The molecule has 0 saturated carbocycles. The van der Waals surface area contributed by atoms with Crippen molar-refractivity contribution in [3.63, 3.8) is 0 Å². The van der Waals surface area contributed by atoms with Crippen molar-refractivity contribution in [3.05, 3.63) is 88.3 Å². The van der Waals surface area contributed by atoms with Crippen LogP contribution in [0.1, 0.15) is 22.9 Å². The summed E-state index contributed by atoms with van der Waals surface area (Å²) in [6.07, 6.45) is 1.50. The number of carbonyl (C=O) groups is 2. The number of carbonyl (C=O) groups excluding carboxylic acids is 2. The molecular weight excluding hydrogens is 434 g/mol. The minimum atomic E-state index is -0.814. The van der Waals surface area contributed by atoms with Crippen LogP contribution >= 0.6 is 11.6 Å². The van der Waals surface area contributed by atoms with Crippen LogP contribution < -0.4 is 9.47 Å². The minimum Gasteiger partial charge on any atom is -0.507 e. The number of aliphatic hydroxyl groups excluding tert-OH is 1. The highest BCUT2D eigenvalue weighted by Gasteiger charge is 2.46. The number of rotatable bonds is 4. The van der Waals surface area contributed by atoms with E-state index in [2.05, 4.69) is 0 Å². The van der Waals surface area contributed by atoms with Crippen LogP contribution in [0.2, 0.25) is 5.02 Å². The number of ketones is 1. The molecule has 3 heterocycles. The molecule has 5 rings (SSSR count). The molecule has 32 heavy (non-hydrogen) atoms. The predicted octanol–water partition coefficient (Wildman–Crippen LogP) is 4.33. The van der Waals surface area contributed by atoms with Gasteiger partial charge in [-0.3, -0.25) is 9.59 Å². The molecule has 2 aliphatic rings. The minimum absolute atomic E-state index is 0.0134. The summed E-state index contributed by atoms with van der Waals surface area (Å²) >= 11 is 6.04. The zero-order valence-electron chi connectivity index (χ0n) is 16.8. The van der Waals surface area contributed by atoms with Gasteiger partial charge in [-0.25, -0.2) is 0 Å². The van der Waals surface area contributed by atoms with Gasteiger partial charge in [-0.15, -0.1) is 0 Å². The number of furan rings is 1. The van der Waals surface area contributed by atoms with Crippen LogP contribution in [0.15, 0.2) is 70.9 Å². The zero-order chi connectivity index (χ0) is 22.2. The van der Waals surface area contributed by atoms with E-state index in [1.807, 2.05) is 0 Å². The molecule has 162 valence electrons. The number of nitrogens with zero attached hydrogens (tertiary/aromatic N) is 1. The van der Waals surface area contributed by atoms with E-state index in [4.69, 9.17) is 25.5 Å². The van der Waals surface area contributed by atoms with E-state index in [9.17, 15) is 14.7 Å². The van der Waals surface area contributed by atoms with Crippen molar-refractivity contribution in [1.82, 2.24) is 4.90 Å². The molecule has 0 spiro atoms. The van der Waals surface area contributed by atoms with E-state index in [1.165, 1.54) is 11.2 Å². The molecule has 7 nitrogen and oxygen atoms in total. The molecule has 0 aliphatic carbocycles. The fraction of sp³-hybridized carbons (Fsp3) is 0.167. The summed E-state index contributed by atoms with van der Waals surface area (Å²) in [5, 5.41) is 11.7. The maximum absolute atomic E-state index is 13.1. The lowest BCUT2D eigenvalue weighted by Gasteiger charge is -2.24. The van der Waals surface area contributed by atoms with E-state index in [0.29, 0.717) is 46.6 Å². The van der Waals surface area contributed by atoms with Crippen molar-refractivity contribution in [3.8, 4) is 11.5 Å². The second kappa shape index (κ2) is 8.09. The fourth-order valence-corrected chi connectivity index (χ4v) is 4.08. The summed E-state index contributed by atoms with van der Waals surface area (Å²) in [5.41, 5.74) is 0.976. The van der Waals surface area contributed by atoms with Crippen molar-refractivity contribution in [2.24, 2.45) is 0 Å². The Labute approximate surface area is 188 Å². The Morgan fingerprint density at radius 2 is 1.78 bits per heavy atom. The lowest BCUT2D eigenvalue weighted by atomic mass is 9.95. The number of halogens is 1. The molecule has 0 bridgehead atoms. The van der Waals surface area contributed by atoms with Gasteiger partial charge in [0, 0.05) is 10.6 Å². The smallest absolute Gasteiger partial charge is 0.296 e. The summed E-state index contributed by atoms with van der Waals surface area (Å²) < 4.78 is 16.5. The highest BCUT2D eigenvalue weighted by atomic mass is 35.5. The number of hydrogen-bond acceptors (Lipinski definition) is 6. The molecule has 0 radical (unpaired) electrons. The van der Waals surface area contributed by atoms with Gasteiger partial charge in [0.1, 0.15) is 24.7 Å². The van der Waals surface area contributed by atoms with Crippen LogP contribution in [-0.2, 0) is 16.1 Å². The molecular formula is C24H18ClNO6. The second-order valence-corrected chi connectivity index (χ2v) is 7.85. The van der Waals surface area contributed by atoms with Crippen molar-refractivity contribution < 1.29 is 28.6 Å². The van der Waals surface area contributed by atoms with E-state index < -0.39 is 17.7 Å². The Kier molecular flexibility index (Phi) is 5.11. The molecule has 1 unspecified atom stereocenters. The number of aliphatic hydroxyl groups is 1. The number of amides is 1. The normalized spacial score (nSPS) is 19.4. The van der Waals surface area contributed by atoms with Gasteiger partial charge in [-0.2, -0.15) is 0 Å². The van der Waals surface area contributed by atoms with Crippen LogP contribution in [0, 0.1) is 0 Å². The summed E-state index contributed by atoms with van der Waals surface area (Å²) in [6, 6.07) is 14.3. The third-order valence-corrected chi connectivity index (χ3v) is 5.70. The average Bonchev–Trinajstić information content (AvgIpc) is 3.41. The van der Waals surface area contributed by atoms with Crippen LogP contribution in [0.4, 0.5) is 0 Å². The van der Waals surface area contributed by atoms with Crippen molar-refractivity contribution >= 4 is 29.1 Å². The number of ether oxygens (including phenoxy) is 2. The van der Waals surface area contributed by atoms with Crippen LogP contribution in [-0.4, -0.2) is 34.9 Å². The third kappa shape index (κ3) is 3.50. The highest BCUT2D eigenvalue weighted by molar-refractivity contribution is 6.46. The quantitative estimate of drug-likeness (QED) is 0.361. The Hall–Kier alpha value is -3.71. The molecule has 1 amide bonds. The van der Waals surface area contributed by atoms with Gasteiger partial charge in [-0.1, -0.05) is 23.7 Å². The van der Waals surface area contributed by atoms with Crippen LogP contribution in [0.3, 0.4) is 0 Å². The van der Waals surface area contributed by atoms with E-state index in [-0.39, 0.29) is 17.9 Å². The van der Waals surface area contributed by atoms with E-state index in [0.717, 1.165) is 0 Å². The lowest BCUT2D eigenvalue weighted by Crippen LogP contribution is -2.29. The summed E-state index contributed by atoms with van der Waals surface area (Å²) in [5.74, 6) is -0.245. The number of fused-ring (bicyclic) bond motifs is 1. The molecule has 2 aliphatic heterocycles. The summed E-state index contributed by atoms with van der Waals surface area (Å²) in [7, 11) is 0. The van der Waals surface area contributed by atoms with Gasteiger partial charge < -0.3 is 23.9 Å². The molecule has 1 atom stereocenters. The monoisotopic (exact) mass is 451 g/mol. The first-order valence-corrected chi connectivity index (χ1v) is 10.4. The molecule has 1 fully saturated rings. The molecule has 2 aromatic carbocycles. The largest absolute Gasteiger partial charge is 0.507 e. The molecule has 3 aromatic rings. The SMILES string of the molecule is O=C1C(=O)N(Cc2ccco2)C(c2ccc(Cl)cc2)/C1=C(/O)c1ccc2c(c1)OCCO2. The molecule has 1 saturated heterocycles. The third-order valence-electron chi connectivity index (χ3n) is 5.45. The molecule has 1 aromatic heterocycles. The molecule has 1 N–H and O–H groups in total. The Balaban J connectivity index is 1.63. The molecule has 8 heteroatoms. The maximum atomic E-state index is 13.1.